The second kappa shape index (κ2) is 6.85. The first-order valence-corrected chi connectivity index (χ1v) is 7.99. The number of aromatic hydroxyl groups is 1. The molecule has 116 valence electrons. The molecule has 1 atom stereocenters. The number of thioether (sulfide) groups is 1. The van der Waals surface area contributed by atoms with Gasteiger partial charge in [-0.25, -0.2) is 0 Å². The van der Waals surface area contributed by atoms with Crippen molar-refractivity contribution in [3.8, 4) is 5.75 Å². The Hall–Kier alpha value is -1.99. The lowest BCUT2D eigenvalue weighted by Gasteiger charge is -2.29. The molecular weight excluding hydrogens is 302 g/mol. The van der Waals surface area contributed by atoms with Crippen LogP contribution in [-0.2, 0) is 4.74 Å². The largest absolute Gasteiger partial charge is 0.507 e. The van der Waals surface area contributed by atoms with Crippen LogP contribution in [-0.4, -0.2) is 48.9 Å². The molecule has 2 N–H and O–H groups in total. The maximum Gasteiger partial charge on any atom is 0.256 e. The summed E-state index contributed by atoms with van der Waals surface area (Å²) >= 11 is 1.45. The third-order valence-electron chi connectivity index (χ3n) is 3.47. The Bertz CT molecular complexity index is 612. The number of phenolic OH excluding ortho intramolecular Hbond substituents is 1. The summed E-state index contributed by atoms with van der Waals surface area (Å²) in [5, 5.41) is 14.6. The quantitative estimate of drug-likeness (QED) is 0.885. The molecule has 0 aromatic heterocycles. The van der Waals surface area contributed by atoms with Crippen LogP contribution in [0, 0.1) is 0 Å². The number of morpholine rings is 1. The second-order valence-corrected chi connectivity index (χ2v) is 5.97. The summed E-state index contributed by atoms with van der Waals surface area (Å²) in [6, 6.07) is 5.13. The minimum absolute atomic E-state index is 0.0187. The van der Waals surface area contributed by atoms with Gasteiger partial charge in [0.25, 0.3) is 5.91 Å². The number of ether oxygens (including phenoxy) is 1. The number of carbonyl (C=O) groups excluding carboxylic acids is 1. The van der Waals surface area contributed by atoms with Gasteiger partial charge < -0.3 is 20.1 Å². The van der Waals surface area contributed by atoms with Crippen LogP contribution in [0.1, 0.15) is 10.4 Å². The van der Waals surface area contributed by atoms with Gasteiger partial charge in [0.1, 0.15) is 11.1 Å². The van der Waals surface area contributed by atoms with Crippen LogP contribution in [0.25, 0.3) is 0 Å². The third kappa shape index (κ3) is 3.42. The van der Waals surface area contributed by atoms with E-state index >= 15 is 0 Å². The number of anilines is 1. The number of carbonyl (C=O) groups is 1. The zero-order chi connectivity index (χ0) is 15.4. The summed E-state index contributed by atoms with van der Waals surface area (Å²) in [6.07, 6.45) is 3.32. The summed E-state index contributed by atoms with van der Waals surface area (Å²) in [6.45, 7) is 2.92. The summed E-state index contributed by atoms with van der Waals surface area (Å²) in [5.41, 5.74) is 1.16. The molecule has 3 rings (SSSR count). The van der Waals surface area contributed by atoms with Gasteiger partial charge in [0.15, 0.2) is 0 Å². The first kappa shape index (κ1) is 14.9. The van der Waals surface area contributed by atoms with Gasteiger partial charge >= 0.3 is 0 Å². The average Bonchev–Trinajstić information content (AvgIpc) is 2.56. The average molecular weight is 319 g/mol. The Morgan fingerprint density at radius 1 is 1.41 bits per heavy atom. The number of rotatable bonds is 3. The number of nitrogens with one attached hydrogen (secondary N) is 1. The van der Waals surface area contributed by atoms with Crippen molar-refractivity contribution in [1.82, 2.24) is 5.32 Å². The van der Waals surface area contributed by atoms with E-state index in [1.807, 2.05) is 11.5 Å². The van der Waals surface area contributed by atoms with Crippen molar-refractivity contribution in [2.75, 3.05) is 31.2 Å². The lowest BCUT2D eigenvalue weighted by atomic mass is 10.1. The smallest absolute Gasteiger partial charge is 0.256 e. The molecule has 1 saturated heterocycles. The summed E-state index contributed by atoms with van der Waals surface area (Å²) in [4.78, 5) is 18.3. The van der Waals surface area contributed by atoms with Crippen LogP contribution in [0.2, 0.25) is 0 Å². The minimum Gasteiger partial charge on any atom is -0.507 e. The van der Waals surface area contributed by atoms with E-state index in [9.17, 15) is 9.90 Å². The molecule has 1 aromatic carbocycles. The van der Waals surface area contributed by atoms with E-state index in [2.05, 4.69) is 15.2 Å². The number of hydrogen-bond acceptors (Lipinski definition) is 6. The molecule has 0 saturated carbocycles. The summed E-state index contributed by atoms with van der Waals surface area (Å²) in [5.74, 6) is -0.333. The van der Waals surface area contributed by atoms with E-state index < -0.39 is 0 Å². The molecule has 0 bridgehead atoms. The van der Waals surface area contributed by atoms with Crippen molar-refractivity contribution >= 4 is 29.6 Å². The topological polar surface area (TPSA) is 74.2 Å². The molecule has 1 unspecified atom stereocenters. The molecule has 0 spiro atoms. The van der Waals surface area contributed by atoms with Gasteiger partial charge in [0, 0.05) is 37.3 Å². The molecule has 1 aromatic rings. The molecule has 0 aliphatic carbocycles. The molecule has 22 heavy (non-hydrogen) atoms. The van der Waals surface area contributed by atoms with Gasteiger partial charge in [0.2, 0.25) is 0 Å². The second-order valence-electron chi connectivity index (χ2n) is 4.91. The highest BCUT2D eigenvalue weighted by Crippen LogP contribution is 2.26. The molecule has 2 aliphatic rings. The van der Waals surface area contributed by atoms with Crippen molar-refractivity contribution in [3.05, 3.63) is 35.4 Å². The van der Waals surface area contributed by atoms with Crippen LogP contribution in [0.3, 0.4) is 0 Å². The molecule has 1 fully saturated rings. The fourth-order valence-electron chi connectivity index (χ4n) is 2.33. The van der Waals surface area contributed by atoms with Crippen LogP contribution in [0.4, 0.5) is 5.69 Å². The maximum absolute atomic E-state index is 12.2. The van der Waals surface area contributed by atoms with E-state index in [1.54, 1.807) is 24.5 Å². The van der Waals surface area contributed by atoms with Gasteiger partial charge in [0.05, 0.1) is 18.8 Å². The number of hydrogen-bond donors (Lipinski definition) is 2. The molecule has 7 heteroatoms. The van der Waals surface area contributed by atoms with E-state index in [4.69, 9.17) is 4.74 Å². The Balaban J connectivity index is 1.69. The standard InChI is InChI=1S/C15H17N3O3S/c19-13-9-11(18-4-6-21-7-5-18)1-2-12(13)15(20)17-14-10-16-3-8-22-14/h1-3,8-10,14,19H,4-7H2,(H,17,20). The molecule has 6 nitrogen and oxygen atoms in total. The Labute approximate surface area is 132 Å². The minimum atomic E-state index is -0.315. The van der Waals surface area contributed by atoms with Crippen LogP contribution in [0.15, 0.2) is 34.8 Å². The predicted molar refractivity (Wildman–Crippen MR) is 87.6 cm³/mol. The lowest BCUT2D eigenvalue weighted by molar-refractivity contribution is 0.0954. The Morgan fingerprint density at radius 3 is 2.91 bits per heavy atom. The fraction of sp³-hybridized carbons (Fsp3) is 0.333. The number of benzene rings is 1. The molecule has 1 amide bonds. The normalized spacial score (nSPS) is 20.9. The van der Waals surface area contributed by atoms with E-state index in [0.29, 0.717) is 13.2 Å². The highest BCUT2D eigenvalue weighted by molar-refractivity contribution is 8.03. The maximum atomic E-state index is 12.2. The molecule has 0 radical (unpaired) electrons. The van der Waals surface area contributed by atoms with Crippen LogP contribution < -0.4 is 10.2 Å². The van der Waals surface area contributed by atoms with Crippen molar-refractivity contribution < 1.29 is 14.6 Å². The van der Waals surface area contributed by atoms with Gasteiger partial charge in [-0.05, 0) is 17.5 Å². The van der Waals surface area contributed by atoms with Crippen molar-refractivity contribution in [2.24, 2.45) is 4.99 Å². The van der Waals surface area contributed by atoms with Crippen molar-refractivity contribution in [3.63, 3.8) is 0 Å². The van der Waals surface area contributed by atoms with Crippen molar-refractivity contribution in [1.29, 1.82) is 0 Å². The SMILES string of the molecule is O=C(NC1C=NC=CS1)c1ccc(N2CCOCC2)cc1O. The van der Waals surface area contributed by atoms with Crippen LogP contribution >= 0.6 is 11.8 Å². The molecule has 2 aliphatic heterocycles. The Kier molecular flexibility index (Phi) is 4.65. The monoisotopic (exact) mass is 319 g/mol. The zero-order valence-electron chi connectivity index (χ0n) is 11.9. The fourth-order valence-corrected chi connectivity index (χ4v) is 2.95. The van der Waals surface area contributed by atoms with Crippen molar-refractivity contribution in [2.45, 2.75) is 5.37 Å². The lowest BCUT2D eigenvalue weighted by Crippen LogP contribution is -2.36. The highest BCUT2D eigenvalue weighted by atomic mass is 32.2. The number of phenols is 1. The summed E-state index contributed by atoms with van der Waals surface area (Å²) in [7, 11) is 0. The molecular formula is C15H17N3O3S. The Morgan fingerprint density at radius 2 is 2.23 bits per heavy atom. The van der Waals surface area contributed by atoms with E-state index in [0.717, 1.165) is 18.8 Å². The molecule has 2 heterocycles. The predicted octanol–water partition coefficient (Wildman–Crippen LogP) is 1.57. The van der Waals surface area contributed by atoms with E-state index in [1.165, 1.54) is 11.8 Å². The van der Waals surface area contributed by atoms with Gasteiger partial charge in [-0.2, -0.15) is 0 Å². The zero-order valence-corrected chi connectivity index (χ0v) is 12.8. The number of amides is 1. The third-order valence-corrected chi connectivity index (χ3v) is 4.28. The highest BCUT2D eigenvalue weighted by Gasteiger charge is 2.18. The number of nitrogens with zero attached hydrogens (tertiary/aromatic N) is 2. The summed E-state index contributed by atoms with van der Waals surface area (Å²) < 4.78 is 5.31. The van der Waals surface area contributed by atoms with Gasteiger partial charge in [-0.15, -0.1) is 11.8 Å². The van der Waals surface area contributed by atoms with E-state index in [-0.39, 0.29) is 22.6 Å². The van der Waals surface area contributed by atoms with Crippen LogP contribution in [0.5, 0.6) is 5.75 Å². The van der Waals surface area contributed by atoms with Gasteiger partial charge in [-0.3, -0.25) is 9.79 Å². The van der Waals surface area contributed by atoms with Gasteiger partial charge in [-0.1, -0.05) is 0 Å². The first-order valence-electron chi connectivity index (χ1n) is 7.04. The first-order chi connectivity index (χ1) is 10.7. The number of aliphatic imine (C=N–C) groups is 1.